The first kappa shape index (κ1) is 23.5. The predicted octanol–water partition coefficient (Wildman–Crippen LogP) is 3.55. The molecule has 0 saturated heterocycles. The number of anilines is 1. The Kier molecular flexibility index (Phi) is 8.98. The minimum Gasteiger partial charge on any atom is -0.480 e. The summed E-state index contributed by atoms with van der Waals surface area (Å²) in [6, 6.07) is 6.14. The van der Waals surface area contributed by atoms with Gasteiger partial charge in [0, 0.05) is 6.42 Å². The van der Waals surface area contributed by atoms with Gasteiger partial charge < -0.3 is 15.7 Å². The number of benzene rings is 1. The molecule has 0 aliphatic carbocycles. The highest BCUT2D eigenvalue weighted by molar-refractivity contribution is 7.17. The van der Waals surface area contributed by atoms with E-state index in [0.717, 1.165) is 36.2 Å². The van der Waals surface area contributed by atoms with E-state index in [1.54, 1.807) is 0 Å². The second kappa shape index (κ2) is 11.4. The fraction of sp³-hybridized carbons (Fsp3) is 0.455. The van der Waals surface area contributed by atoms with Crippen LogP contribution >= 0.6 is 11.3 Å². The molecule has 0 radical (unpaired) electrons. The maximum Gasteiger partial charge on any atom is 0.326 e. The smallest absolute Gasteiger partial charge is 0.326 e. The molecule has 0 aliphatic rings. The van der Waals surface area contributed by atoms with Crippen molar-refractivity contribution >= 4 is 34.6 Å². The molecule has 8 heteroatoms. The van der Waals surface area contributed by atoms with Crippen LogP contribution in [0.25, 0.3) is 0 Å². The van der Waals surface area contributed by atoms with Crippen LogP contribution in [0.4, 0.5) is 5.13 Å². The number of aliphatic carboxylic acids is 1. The summed E-state index contributed by atoms with van der Waals surface area (Å²) in [5, 5.41) is 15.8. The summed E-state index contributed by atoms with van der Waals surface area (Å²) in [5.41, 5.74) is 2.04. The third-order valence-corrected chi connectivity index (χ3v) is 5.59. The summed E-state index contributed by atoms with van der Waals surface area (Å²) in [7, 11) is 0. The number of amides is 1. The average Bonchev–Trinajstić information content (AvgIpc) is 3.17. The van der Waals surface area contributed by atoms with Crippen molar-refractivity contribution in [3.63, 3.8) is 0 Å². The van der Waals surface area contributed by atoms with Crippen molar-refractivity contribution in [2.75, 3.05) is 5.32 Å². The highest BCUT2D eigenvalue weighted by Gasteiger charge is 2.28. The van der Waals surface area contributed by atoms with Crippen LogP contribution in [-0.2, 0) is 22.4 Å². The van der Waals surface area contributed by atoms with Crippen molar-refractivity contribution in [1.29, 1.82) is 0 Å². The van der Waals surface area contributed by atoms with Crippen LogP contribution < -0.4 is 10.6 Å². The molecule has 2 rings (SSSR count). The Balaban J connectivity index is 2.08. The molecule has 1 aromatic heterocycles. The summed E-state index contributed by atoms with van der Waals surface area (Å²) >= 11 is 1.15. The fourth-order valence-electron chi connectivity index (χ4n) is 3.07. The van der Waals surface area contributed by atoms with E-state index in [0.29, 0.717) is 16.3 Å². The lowest BCUT2D eigenvalue weighted by Gasteiger charge is -2.24. The Hall–Kier alpha value is -2.74. The lowest BCUT2D eigenvalue weighted by atomic mass is 9.99. The van der Waals surface area contributed by atoms with Gasteiger partial charge in [-0.3, -0.25) is 9.59 Å². The maximum atomic E-state index is 12.8. The molecule has 7 nitrogen and oxygen atoms in total. The number of hydrogen-bond acceptors (Lipinski definition) is 6. The van der Waals surface area contributed by atoms with Crippen LogP contribution in [0.2, 0.25) is 0 Å². The van der Waals surface area contributed by atoms with E-state index < -0.39 is 24.0 Å². The van der Waals surface area contributed by atoms with E-state index in [1.807, 2.05) is 38.1 Å². The summed E-state index contributed by atoms with van der Waals surface area (Å²) in [6.45, 7) is 5.85. The van der Waals surface area contributed by atoms with Gasteiger partial charge in [-0.25, -0.2) is 9.78 Å². The van der Waals surface area contributed by atoms with Crippen LogP contribution in [0, 0.1) is 5.92 Å². The zero-order chi connectivity index (χ0) is 22.1. The van der Waals surface area contributed by atoms with Crippen LogP contribution in [-0.4, -0.2) is 40.3 Å². The van der Waals surface area contributed by atoms with Crippen LogP contribution in [0.1, 0.15) is 54.4 Å². The Morgan fingerprint density at radius 1 is 1.27 bits per heavy atom. The molecule has 0 spiro atoms. The number of carboxylic acid groups (broad SMARTS) is 1. The number of nitrogens with zero attached hydrogens (tertiary/aromatic N) is 1. The van der Waals surface area contributed by atoms with E-state index >= 15 is 0 Å². The zero-order valence-electron chi connectivity index (χ0n) is 17.6. The molecule has 1 unspecified atom stereocenters. The minimum atomic E-state index is -1.08. The van der Waals surface area contributed by atoms with Crippen molar-refractivity contribution in [2.24, 2.45) is 5.92 Å². The fourth-order valence-corrected chi connectivity index (χ4v) is 3.73. The molecule has 3 N–H and O–H groups in total. The maximum absolute atomic E-state index is 12.8. The monoisotopic (exact) mass is 431 g/mol. The molecule has 1 aromatic carbocycles. The van der Waals surface area contributed by atoms with E-state index in [1.165, 1.54) is 11.8 Å². The minimum absolute atomic E-state index is 0.111. The van der Waals surface area contributed by atoms with Crippen LogP contribution in [0.3, 0.4) is 0 Å². The summed E-state index contributed by atoms with van der Waals surface area (Å²) in [5.74, 6) is -1.61. The first-order chi connectivity index (χ1) is 14.3. The topological polar surface area (TPSA) is 108 Å². The number of aromatic nitrogens is 1. The van der Waals surface area contributed by atoms with E-state index in [-0.39, 0.29) is 12.3 Å². The Labute approximate surface area is 180 Å². The summed E-state index contributed by atoms with van der Waals surface area (Å²) in [4.78, 5) is 40.0. The normalized spacial score (nSPS) is 12.9. The van der Waals surface area contributed by atoms with Crippen molar-refractivity contribution < 1.29 is 19.5 Å². The largest absolute Gasteiger partial charge is 0.480 e. The number of carbonyl (C=O) groups excluding carboxylic acids is 2. The number of carboxylic acids is 1. The molecule has 30 heavy (non-hydrogen) atoms. The molecule has 2 atom stereocenters. The van der Waals surface area contributed by atoms with Gasteiger partial charge in [-0.2, -0.15) is 0 Å². The highest BCUT2D eigenvalue weighted by Crippen LogP contribution is 2.19. The number of unbranched alkanes of at least 4 members (excludes halogenated alkanes) is 1. The van der Waals surface area contributed by atoms with Crippen molar-refractivity contribution in [2.45, 2.75) is 58.5 Å². The van der Waals surface area contributed by atoms with Gasteiger partial charge >= 0.3 is 5.97 Å². The Bertz CT molecular complexity index is 866. The van der Waals surface area contributed by atoms with Crippen molar-refractivity contribution in [3.8, 4) is 0 Å². The van der Waals surface area contributed by atoms with E-state index in [4.69, 9.17) is 0 Å². The predicted molar refractivity (Wildman–Crippen MR) is 118 cm³/mol. The number of aryl methyl sites for hydroxylation is 1. The standard InChI is InChI=1S/C22H29N3O4S/c1-4-5-7-15-8-6-9-16(10-15)11-18(21(28)29)24-20(27)19(14(2)3)25-22-23-12-17(13-26)30-22/h6,8-10,12-14,18-19H,4-5,7,11H2,1-3H3,(H,23,25)(H,24,27)(H,28,29)/t18-,19?/m0/s1. The number of nitrogens with one attached hydrogen (secondary N) is 2. The number of carbonyl (C=O) groups is 3. The zero-order valence-corrected chi connectivity index (χ0v) is 18.4. The quantitative estimate of drug-likeness (QED) is 0.444. The average molecular weight is 432 g/mol. The molecular formula is C22H29N3O4S. The molecule has 0 fully saturated rings. The lowest BCUT2D eigenvalue weighted by Crippen LogP contribution is -2.50. The number of thiazole rings is 1. The SMILES string of the molecule is CCCCc1cccc(C[C@H](NC(=O)C(Nc2ncc(C=O)s2)C(C)C)C(=O)O)c1. The van der Waals surface area contributed by atoms with Gasteiger partial charge in [0.05, 0.1) is 11.1 Å². The van der Waals surface area contributed by atoms with Crippen molar-refractivity contribution in [3.05, 3.63) is 46.5 Å². The van der Waals surface area contributed by atoms with Gasteiger partial charge in [0.1, 0.15) is 12.1 Å². The molecular weight excluding hydrogens is 402 g/mol. The summed E-state index contributed by atoms with van der Waals surface area (Å²) in [6.07, 6.45) is 5.45. The van der Waals surface area contributed by atoms with Gasteiger partial charge in [0.2, 0.25) is 5.91 Å². The second-order valence-corrected chi connectivity index (χ2v) is 8.64. The molecule has 162 valence electrons. The van der Waals surface area contributed by atoms with E-state index in [9.17, 15) is 19.5 Å². The number of rotatable bonds is 12. The third-order valence-electron chi connectivity index (χ3n) is 4.73. The van der Waals surface area contributed by atoms with E-state index in [2.05, 4.69) is 22.5 Å². The van der Waals surface area contributed by atoms with Gasteiger partial charge in [0.25, 0.3) is 0 Å². The molecule has 0 saturated carbocycles. The van der Waals surface area contributed by atoms with Crippen LogP contribution in [0.5, 0.6) is 0 Å². The van der Waals surface area contributed by atoms with Gasteiger partial charge in [-0.1, -0.05) is 62.8 Å². The van der Waals surface area contributed by atoms with Crippen LogP contribution in [0.15, 0.2) is 30.5 Å². The number of aldehydes is 1. The molecule has 0 aliphatic heterocycles. The molecule has 0 bridgehead atoms. The lowest BCUT2D eigenvalue weighted by molar-refractivity contribution is -0.142. The third kappa shape index (κ3) is 6.95. The summed E-state index contributed by atoms with van der Waals surface area (Å²) < 4.78 is 0. The molecule has 2 aromatic rings. The molecule has 1 amide bonds. The Morgan fingerprint density at radius 2 is 2.00 bits per heavy atom. The van der Waals surface area contributed by atoms with Crippen molar-refractivity contribution in [1.82, 2.24) is 10.3 Å². The Morgan fingerprint density at radius 3 is 2.60 bits per heavy atom. The second-order valence-electron chi connectivity index (χ2n) is 7.58. The first-order valence-corrected chi connectivity index (χ1v) is 10.9. The van der Waals surface area contributed by atoms with Gasteiger partial charge in [-0.15, -0.1) is 0 Å². The number of hydrogen-bond donors (Lipinski definition) is 3. The van der Waals surface area contributed by atoms with Gasteiger partial charge in [0.15, 0.2) is 11.4 Å². The molecule has 1 heterocycles. The highest BCUT2D eigenvalue weighted by atomic mass is 32.1. The van der Waals surface area contributed by atoms with Gasteiger partial charge in [-0.05, 0) is 29.9 Å². The first-order valence-electron chi connectivity index (χ1n) is 10.1.